The van der Waals surface area contributed by atoms with E-state index in [4.69, 9.17) is 0 Å². The minimum atomic E-state index is 0.111. The minimum Gasteiger partial charge on any atom is -0.336 e. The van der Waals surface area contributed by atoms with E-state index in [1.807, 2.05) is 54.4 Å². The maximum Gasteiger partial charge on any atom is 0.253 e. The summed E-state index contributed by atoms with van der Waals surface area (Å²) in [5, 5.41) is 1.12. The Balaban J connectivity index is 1.19. The van der Waals surface area contributed by atoms with Crippen LogP contribution < -0.4 is 4.72 Å². The standard InChI is InChI=1S/C28H28N4OS/c1-21-19-24(28(33)32-17-15-31(16-18-32)20-22-7-3-2-4-8-22)12-13-25(21)30-34-26-11-5-9-23-10-6-14-29-27(23)26/h2-14,19,30H,15-18,20H2,1H3. The molecule has 1 aliphatic heterocycles. The summed E-state index contributed by atoms with van der Waals surface area (Å²) in [7, 11) is 0. The Morgan fingerprint density at radius 1 is 0.941 bits per heavy atom. The maximum absolute atomic E-state index is 13.1. The van der Waals surface area contributed by atoms with E-state index in [9.17, 15) is 4.79 Å². The molecule has 6 heteroatoms. The van der Waals surface area contributed by atoms with E-state index in [0.29, 0.717) is 0 Å². The molecule has 0 unspecified atom stereocenters. The van der Waals surface area contributed by atoms with Gasteiger partial charge in [0.05, 0.1) is 10.4 Å². The van der Waals surface area contributed by atoms with Crippen molar-refractivity contribution in [1.29, 1.82) is 0 Å². The molecular formula is C28H28N4OS. The zero-order valence-electron chi connectivity index (χ0n) is 19.3. The first-order valence-corrected chi connectivity index (χ1v) is 12.4. The summed E-state index contributed by atoms with van der Waals surface area (Å²) in [6, 6.07) is 26.6. The van der Waals surface area contributed by atoms with Gasteiger partial charge in [0.2, 0.25) is 0 Å². The molecule has 0 saturated carbocycles. The van der Waals surface area contributed by atoms with E-state index in [0.717, 1.165) is 65.3 Å². The summed E-state index contributed by atoms with van der Waals surface area (Å²) >= 11 is 1.55. The normalized spacial score (nSPS) is 14.3. The molecule has 1 N–H and O–H groups in total. The number of fused-ring (bicyclic) bond motifs is 1. The summed E-state index contributed by atoms with van der Waals surface area (Å²) in [5.74, 6) is 0.111. The summed E-state index contributed by atoms with van der Waals surface area (Å²) < 4.78 is 3.44. The average Bonchev–Trinajstić information content (AvgIpc) is 2.88. The number of nitrogens with zero attached hydrogens (tertiary/aromatic N) is 3. The van der Waals surface area contributed by atoms with Crippen molar-refractivity contribution in [3.8, 4) is 0 Å². The second-order valence-electron chi connectivity index (χ2n) is 8.62. The molecule has 0 bridgehead atoms. The lowest BCUT2D eigenvalue weighted by molar-refractivity contribution is 0.0628. The first kappa shape index (κ1) is 22.4. The monoisotopic (exact) mass is 468 g/mol. The molecular weight excluding hydrogens is 440 g/mol. The van der Waals surface area contributed by atoms with Crippen molar-refractivity contribution in [3.05, 3.63) is 102 Å². The number of anilines is 1. The number of aromatic nitrogens is 1. The van der Waals surface area contributed by atoms with Gasteiger partial charge >= 0.3 is 0 Å². The number of hydrogen-bond donors (Lipinski definition) is 1. The molecule has 1 amide bonds. The lowest BCUT2D eigenvalue weighted by atomic mass is 10.1. The van der Waals surface area contributed by atoms with Crippen molar-refractivity contribution < 1.29 is 4.79 Å². The summed E-state index contributed by atoms with van der Waals surface area (Å²) in [6.45, 7) is 6.29. The Labute approximate surface area is 204 Å². The topological polar surface area (TPSA) is 48.5 Å². The zero-order chi connectivity index (χ0) is 23.3. The van der Waals surface area contributed by atoms with Gasteiger partial charge in [-0.05, 0) is 60.3 Å². The van der Waals surface area contributed by atoms with Gasteiger partial charge < -0.3 is 9.62 Å². The van der Waals surface area contributed by atoms with Crippen molar-refractivity contribution in [1.82, 2.24) is 14.8 Å². The lowest BCUT2D eigenvalue weighted by Crippen LogP contribution is -2.48. The van der Waals surface area contributed by atoms with Gasteiger partial charge in [0, 0.05) is 55.6 Å². The van der Waals surface area contributed by atoms with Crippen LogP contribution in [0.4, 0.5) is 5.69 Å². The van der Waals surface area contributed by atoms with Crippen LogP contribution in [-0.2, 0) is 6.54 Å². The molecule has 0 atom stereocenters. The molecule has 0 radical (unpaired) electrons. The predicted octanol–water partition coefficient (Wildman–Crippen LogP) is 5.62. The summed E-state index contributed by atoms with van der Waals surface area (Å²) in [6.07, 6.45) is 1.82. The maximum atomic E-state index is 13.1. The molecule has 1 aromatic heterocycles. The number of amides is 1. The number of para-hydroxylation sites is 1. The van der Waals surface area contributed by atoms with Gasteiger partial charge in [0.1, 0.15) is 0 Å². The van der Waals surface area contributed by atoms with E-state index in [1.165, 1.54) is 5.56 Å². The molecule has 172 valence electrons. The van der Waals surface area contributed by atoms with Crippen LogP contribution in [0.3, 0.4) is 0 Å². The average molecular weight is 469 g/mol. The third kappa shape index (κ3) is 5.08. The first-order valence-electron chi connectivity index (χ1n) is 11.6. The third-order valence-electron chi connectivity index (χ3n) is 6.25. The number of carbonyl (C=O) groups is 1. The molecule has 1 aliphatic rings. The highest BCUT2D eigenvalue weighted by Gasteiger charge is 2.22. The molecule has 5 nitrogen and oxygen atoms in total. The quantitative estimate of drug-likeness (QED) is 0.372. The van der Waals surface area contributed by atoms with Crippen LogP contribution in [0.15, 0.2) is 90.0 Å². The molecule has 0 aliphatic carbocycles. The smallest absolute Gasteiger partial charge is 0.253 e. The van der Waals surface area contributed by atoms with Gasteiger partial charge in [-0.2, -0.15) is 0 Å². The molecule has 2 heterocycles. The van der Waals surface area contributed by atoms with Crippen molar-refractivity contribution in [2.75, 3.05) is 30.9 Å². The Bertz CT molecular complexity index is 1280. The molecule has 5 rings (SSSR count). The number of hydrogen-bond acceptors (Lipinski definition) is 5. The molecule has 0 spiro atoms. The first-order chi connectivity index (χ1) is 16.7. The van der Waals surface area contributed by atoms with Crippen molar-refractivity contribution >= 4 is 34.4 Å². The highest BCUT2D eigenvalue weighted by atomic mass is 32.2. The van der Waals surface area contributed by atoms with E-state index in [-0.39, 0.29) is 5.91 Å². The number of rotatable bonds is 6. The molecule has 3 aromatic carbocycles. The van der Waals surface area contributed by atoms with Crippen LogP contribution in [0.5, 0.6) is 0 Å². The van der Waals surface area contributed by atoms with E-state index >= 15 is 0 Å². The third-order valence-corrected chi connectivity index (χ3v) is 7.12. The van der Waals surface area contributed by atoms with Gasteiger partial charge in [-0.3, -0.25) is 14.7 Å². The Hall–Kier alpha value is -3.35. The van der Waals surface area contributed by atoms with Gasteiger partial charge in [-0.1, -0.05) is 48.5 Å². The highest BCUT2D eigenvalue weighted by molar-refractivity contribution is 8.00. The van der Waals surface area contributed by atoms with Crippen LogP contribution in [-0.4, -0.2) is 46.9 Å². The number of carbonyl (C=O) groups excluding carboxylic acids is 1. The van der Waals surface area contributed by atoms with E-state index < -0.39 is 0 Å². The van der Waals surface area contributed by atoms with Crippen LogP contribution >= 0.6 is 11.9 Å². The lowest BCUT2D eigenvalue weighted by Gasteiger charge is -2.35. The molecule has 1 saturated heterocycles. The molecule has 1 fully saturated rings. The Morgan fingerprint density at radius 3 is 2.53 bits per heavy atom. The van der Waals surface area contributed by atoms with Crippen LogP contribution in [0.1, 0.15) is 21.5 Å². The van der Waals surface area contributed by atoms with E-state index in [2.05, 4.69) is 57.1 Å². The van der Waals surface area contributed by atoms with Crippen LogP contribution in [0.2, 0.25) is 0 Å². The number of nitrogens with one attached hydrogen (secondary N) is 1. The summed E-state index contributed by atoms with van der Waals surface area (Å²) in [5.41, 5.74) is 5.10. The predicted molar refractivity (Wildman–Crippen MR) is 140 cm³/mol. The van der Waals surface area contributed by atoms with Crippen molar-refractivity contribution in [3.63, 3.8) is 0 Å². The fourth-order valence-electron chi connectivity index (χ4n) is 4.31. The van der Waals surface area contributed by atoms with Crippen molar-refractivity contribution in [2.45, 2.75) is 18.4 Å². The number of benzene rings is 3. The fourth-order valence-corrected chi connectivity index (χ4v) is 5.18. The van der Waals surface area contributed by atoms with E-state index in [1.54, 1.807) is 11.9 Å². The fraction of sp³-hybridized carbons (Fsp3) is 0.214. The van der Waals surface area contributed by atoms with Crippen LogP contribution in [0.25, 0.3) is 10.9 Å². The second kappa shape index (κ2) is 10.3. The number of pyridine rings is 1. The van der Waals surface area contributed by atoms with Gasteiger partial charge in [-0.15, -0.1) is 0 Å². The summed E-state index contributed by atoms with van der Waals surface area (Å²) in [4.78, 5) is 23.1. The molecule has 4 aromatic rings. The minimum absolute atomic E-state index is 0.111. The Kier molecular flexibility index (Phi) is 6.79. The molecule has 34 heavy (non-hydrogen) atoms. The van der Waals surface area contributed by atoms with Crippen LogP contribution in [0, 0.1) is 6.92 Å². The van der Waals surface area contributed by atoms with Gasteiger partial charge in [-0.25, -0.2) is 0 Å². The largest absolute Gasteiger partial charge is 0.336 e. The van der Waals surface area contributed by atoms with Gasteiger partial charge in [0.15, 0.2) is 0 Å². The zero-order valence-corrected chi connectivity index (χ0v) is 20.1. The number of aryl methyl sites for hydroxylation is 1. The number of piperazine rings is 1. The van der Waals surface area contributed by atoms with Gasteiger partial charge in [0.25, 0.3) is 5.91 Å². The second-order valence-corrected chi connectivity index (χ2v) is 9.47. The SMILES string of the molecule is Cc1cc(C(=O)N2CCN(Cc3ccccc3)CC2)ccc1NSc1cccc2cccnc12. The van der Waals surface area contributed by atoms with Crippen molar-refractivity contribution in [2.24, 2.45) is 0 Å². The highest BCUT2D eigenvalue weighted by Crippen LogP contribution is 2.29. The Morgan fingerprint density at radius 2 is 1.74 bits per heavy atom.